The van der Waals surface area contributed by atoms with Crippen molar-refractivity contribution in [1.82, 2.24) is 5.32 Å². The van der Waals surface area contributed by atoms with E-state index in [0.717, 1.165) is 12.1 Å². The van der Waals surface area contributed by atoms with Gasteiger partial charge in [0.15, 0.2) is 0 Å². The molecule has 0 amide bonds. The molecule has 0 radical (unpaired) electrons. The highest BCUT2D eigenvalue weighted by Crippen LogP contribution is 2.30. The highest BCUT2D eigenvalue weighted by molar-refractivity contribution is 6.42. The summed E-state index contributed by atoms with van der Waals surface area (Å²) in [6.45, 7) is 3.40. The topological polar surface area (TPSA) is 21.3 Å². The van der Waals surface area contributed by atoms with Gasteiger partial charge in [-0.05, 0) is 36.4 Å². The number of hydrogen-bond donors (Lipinski definition) is 1. The lowest BCUT2D eigenvalue weighted by Crippen LogP contribution is -2.11. The summed E-state index contributed by atoms with van der Waals surface area (Å²) >= 11 is 11.8. The molecule has 20 heavy (non-hydrogen) atoms. The molecule has 0 aliphatic rings. The first-order valence-corrected chi connectivity index (χ1v) is 6.97. The zero-order chi connectivity index (χ0) is 14.5. The minimum Gasteiger partial charge on any atom is -0.457 e. The van der Waals surface area contributed by atoms with Crippen LogP contribution in [0.4, 0.5) is 4.39 Å². The van der Waals surface area contributed by atoms with E-state index >= 15 is 0 Å². The Morgan fingerprint density at radius 3 is 2.55 bits per heavy atom. The van der Waals surface area contributed by atoms with Crippen molar-refractivity contribution in [3.8, 4) is 11.5 Å². The Kier molecular flexibility index (Phi) is 5.24. The molecule has 0 bridgehead atoms. The third-order valence-corrected chi connectivity index (χ3v) is 3.38. The average Bonchev–Trinajstić information content (AvgIpc) is 2.40. The molecule has 0 aromatic heterocycles. The summed E-state index contributed by atoms with van der Waals surface area (Å²) in [5.41, 5.74) is 0.821. The summed E-state index contributed by atoms with van der Waals surface area (Å²) in [7, 11) is 0. The molecule has 0 saturated heterocycles. The molecule has 5 heteroatoms. The van der Waals surface area contributed by atoms with Gasteiger partial charge in [0.25, 0.3) is 0 Å². The number of benzene rings is 2. The number of nitrogens with one attached hydrogen (secondary N) is 1. The molecule has 0 unspecified atom stereocenters. The smallest absolute Gasteiger partial charge is 0.130 e. The highest BCUT2D eigenvalue weighted by Gasteiger charge is 2.05. The van der Waals surface area contributed by atoms with Gasteiger partial charge in [0.2, 0.25) is 0 Å². The number of hydrogen-bond acceptors (Lipinski definition) is 2. The van der Waals surface area contributed by atoms with Gasteiger partial charge in [-0.25, -0.2) is 4.39 Å². The van der Waals surface area contributed by atoms with Crippen molar-refractivity contribution >= 4 is 23.2 Å². The van der Waals surface area contributed by atoms with Crippen molar-refractivity contribution in [3.05, 3.63) is 57.8 Å². The van der Waals surface area contributed by atoms with Gasteiger partial charge in [-0.1, -0.05) is 30.1 Å². The maximum Gasteiger partial charge on any atom is 0.130 e. The Balaban J connectivity index is 2.19. The molecular formula is C15H14Cl2FNO. The number of ether oxygens (including phenoxy) is 1. The Hall–Kier alpha value is -1.29. The Labute approximate surface area is 127 Å². The van der Waals surface area contributed by atoms with Gasteiger partial charge in [0, 0.05) is 18.7 Å². The number of rotatable bonds is 5. The molecule has 106 valence electrons. The van der Waals surface area contributed by atoms with Gasteiger partial charge >= 0.3 is 0 Å². The molecule has 2 aromatic rings. The van der Waals surface area contributed by atoms with Crippen LogP contribution in [0.1, 0.15) is 12.5 Å². The van der Waals surface area contributed by atoms with E-state index in [4.69, 9.17) is 27.9 Å². The van der Waals surface area contributed by atoms with Crippen molar-refractivity contribution in [3.63, 3.8) is 0 Å². The van der Waals surface area contributed by atoms with Gasteiger partial charge in [-0.3, -0.25) is 0 Å². The van der Waals surface area contributed by atoms with Crippen LogP contribution in [0.3, 0.4) is 0 Å². The summed E-state index contributed by atoms with van der Waals surface area (Å²) < 4.78 is 19.2. The van der Waals surface area contributed by atoms with Crippen LogP contribution in [0, 0.1) is 5.82 Å². The highest BCUT2D eigenvalue weighted by atomic mass is 35.5. The lowest BCUT2D eigenvalue weighted by Gasteiger charge is -2.09. The fourth-order valence-electron chi connectivity index (χ4n) is 1.73. The monoisotopic (exact) mass is 313 g/mol. The van der Waals surface area contributed by atoms with Gasteiger partial charge in [0.05, 0.1) is 10.0 Å². The van der Waals surface area contributed by atoms with Crippen molar-refractivity contribution in [2.75, 3.05) is 6.54 Å². The van der Waals surface area contributed by atoms with E-state index in [1.54, 1.807) is 24.3 Å². The van der Waals surface area contributed by atoms with Crippen LogP contribution >= 0.6 is 23.2 Å². The van der Waals surface area contributed by atoms with Crippen LogP contribution in [0.15, 0.2) is 36.4 Å². The molecule has 2 nitrogen and oxygen atoms in total. The maximum absolute atomic E-state index is 13.5. The molecular weight excluding hydrogens is 300 g/mol. The Morgan fingerprint density at radius 1 is 1.05 bits per heavy atom. The zero-order valence-electron chi connectivity index (χ0n) is 10.9. The molecule has 2 aromatic carbocycles. The summed E-state index contributed by atoms with van der Waals surface area (Å²) in [6.07, 6.45) is 0. The standard InChI is InChI=1S/C15H14Cl2FNO/c1-2-19-9-10-5-11(18)7-13(6-10)20-12-3-4-14(16)15(17)8-12/h3-8,19H,2,9H2,1H3. The molecule has 0 spiro atoms. The van der Waals surface area contributed by atoms with E-state index in [0.29, 0.717) is 28.1 Å². The second kappa shape index (κ2) is 6.93. The fourth-order valence-corrected chi connectivity index (χ4v) is 2.02. The second-order valence-corrected chi connectivity index (χ2v) is 5.07. The quantitative estimate of drug-likeness (QED) is 0.835. The lowest BCUT2D eigenvalue weighted by molar-refractivity contribution is 0.475. The predicted molar refractivity (Wildman–Crippen MR) is 80.3 cm³/mol. The van der Waals surface area contributed by atoms with Crippen LogP contribution < -0.4 is 10.1 Å². The van der Waals surface area contributed by atoms with E-state index in [2.05, 4.69) is 5.32 Å². The molecule has 0 saturated carbocycles. The Morgan fingerprint density at radius 2 is 1.85 bits per heavy atom. The van der Waals surface area contributed by atoms with Crippen molar-refractivity contribution in [1.29, 1.82) is 0 Å². The van der Waals surface area contributed by atoms with Crippen LogP contribution in [0.5, 0.6) is 11.5 Å². The van der Waals surface area contributed by atoms with E-state index in [1.807, 2.05) is 6.92 Å². The normalized spacial score (nSPS) is 10.6. The zero-order valence-corrected chi connectivity index (χ0v) is 12.4. The van der Waals surface area contributed by atoms with E-state index in [1.165, 1.54) is 12.1 Å². The molecule has 0 fully saturated rings. The summed E-state index contributed by atoms with van der Waals surface area (Å²) in [4.78, 5) is 0. The van der Waals surface area contributed by atoms with Crippen molar-refractivity contribution < 1.29 is 9.13 Å². The largest absolute Gasteiger partial charge is 0.457 e. The average molecular weight is 314 g/mol. The van der Waals surface area contributed by atoms with Crippen molar-refractivity contribution in [2.24, 2.45) is 0 Å². The molecule has 1 N–H and O–H groups in total. The lowest BCUT2D eigenvalue weighted by atomic mass is 10.2. The van der Waals surface area contributed by atoms with Crippen LogP contribution in [0.2, 0.25) is 10.0 Å². The molecule has 0 heterocycles. The van der Waals surface area contributed by atoms with E-state index < -0.39 is 0 Å². The first-order valence-electron chi connectivity index (χ1n) is 6.21. The van der Waals surface area contributed by atoms with Gasteiger partial charge in [0.1, 0.15) is 17.3 Å². The van der Waals surface area contributed by atoms with Gasteiger partial charge < -0.3 is 10.1 Å². The van der Waals surface area contributed by atoms with Gasteiger partial charge in [-0.15, -0.1) is 0 Å². The fraction of sp³-hybridized carbons (Fsp3) is 0.200. The van der Waals surface area contributed by atoms with E-state index in [9.17, 15) is 4.39 Å². The van der Waals surface area contributed by atoms with Crippen LogP contribution in [-0.4, -0.2) is 6.54 Å². The summed E-state index contributed by atoms with van der Waals surface area (Å²) in [5, 5.41) is 3.99. The second-order valence-electron chi connectivity index (χ2n) is 4.25. The molecule has 0 aliphatic heterocycles. The number of halogens is 3. The van der Waals surface area contributed by atoms with Crippen LogP contribution in [-0.2, 0) is 6.54 Å². The third-order valence-electron chi connectivity index (χ3n) is 2.64. The predicted octanol–water partition coefficient (Wildman–Crippen LogP) is 5.03. The first kappa shape index (κ1) is 15.1. The third kappa shape index (κ3) is 4.10. The van der Waals surface area contributed by atoms with Crippen molar-refractivity contribution in [2.45, 2.75) is 13.5 Å². The summed E-state index contributed by atoms with van der Waals surface area (Å²) in [6, 6.07) is 9.51. The minimum absolute atomic E-state index is 0.338. The van der Waals surface area contributed by atoms with Gasteiger partial charge in [-0.2, -0.15) is 0 Å². The Bertz CT molecular complexity index is 604. The minimum atomic E-state index is -0.338. The molecule has 2 rings (SSSR count). The van der Waals surface area contributed by atoms with Crippen LogP contribution in [0.25, 0.3) is 0 Å². The first-order chi connectivity index (χ1) is 9.58. The summed E-state index contributed by atoms with van der Waals surface area (Å²) in [5.74, 6) is 0.603. The molecule has 0 atom stereocenters. The van der Waals surface area contributed by atoms with E-state index in [-0.39, 0.29) is 5.82 Å². The SMILES string of the molecule is CCNCc1cc(F)cc(Oc2ccc(Cl)c(Cl)c2)c1. The molecule has 0 aliphatic carbocycles. The maximum atomic E-state index is 13.5.